The summed E-state index contributed by atoms with van der Waals surface area (Å²) < 4.78 is 0. The van der Waals surface area contributed by atoms with Crippen molar-refractivity contribution < 1.29 is 19.5 Å². The lowest BCUT2D eigenvalue weighted by atomic mass is 9.73. The number of anilines is 1. The SMILES string of the molecule is Cc1ncc(C(=O)N2CCC3(C(=O)Nc4ccccc43)C2c2cccnc2)c(=O)[nH]1.O=CO. The van der Waals surface area contributed by atoms with Crippen molar-refractivity contribution >= 4 is 24.0 Å². The highest BCUT2D eigenvalue weighted by atomic mass is 16.3. The predicted octanol–water partition coefficient (Wildman–Crippen LogP) is 1.65. The summed E-state index contributed by atoms with van der Waals surface area (Å²) in [6.45, 7) is 1.73. The molecule has 2 aliphatic heterocycles. The molecule has 0 radical (unpaired) electrons. The summed E-state index contributed by atoms with van der Waals surface area (Å²) >= 11 is 0. The van der Waals surface area contributed by atoms with Crippen LogP contribution in [0, 0.1) is 6.92 Å². The number of likely N-dealkylation sites (tertiary alicyclic amines) is 1. The van der Waals surface area contributed by atoms with Gasteiger partial charge in [-0.05, 0) is 36.6 Å². The van der Waals surface area contributed by atoms with E-state index in [1.165, 1.54) is 6.20 Å². The van der Waals surface area contributed by atoms with Crippen LogP contribution >= 0.6 is 0 Å². The molecule has 168 valence electrons. The average molecular weight is 447 g/mol. The lowest BCUT2D eigenvalue weighted by Crippen LogP contribution is -2.43. The third kappa shape index (κ3) is 3.55. The van der Waals surface area contributed by atoms with Crippen LogP contribution in [0.25, 0.3) is 0 Å². The summed E-state index contributed by atoms with van der Waals surface area (Å²) in [5.74, 6) is -0.169. The minimum Gasteiger partial charge on any atom is -0.483 e. The number of aromatic nitrogens is 3. The van der Waals surface area contributed by atoms with Crippen LogP contribution in [0.2, 0.25) is 0 Å². The Hall–Kier alpha value is -4.34. The molecule has 3 N–H and O–H groups in total. The number of amides is 2. The molecule has 3 aromatic rings. The van der Waals surface area contributed by atoms with E-state index in [2.05, 4.69) is 20.3 Å². The molecule has 2 atom stereocenters. The number of hydrogen-bond donors (Lipinski definition) is 3. The largest absolute Gasteiger partial charge is 0.483 e. The maximum absolute atomic E-state index is 13.4. The Kier molecular flexibility index (Phi) is 5.74. The van der Waals surface area contributed by atoms with Crippen LogP contribution < -0.4 is 10.9 Å². The van der Waals surface area contributed by atoms with Gasteiger partial charge in [-0.15, -0.1) is 0 Å². The quantitative estimate of drug-likeness (QED) is 0.506. The van der Waals surface area contributed by atoms with Gasteiger partial charge < -0.3 is 20.3 Å². The van der Waals surface area contributed by atoms with Gasteiger partial charge in [-0.1, -0.05) is 24.3 Å². The van der Waals surface area contributed by atoms with Gasteiger partial charge in [-0.25, -0.2) is 4.98 Å². The fourth-order valence-electron chi connectivity index (χ4n) is 4.70. The number of aryl methyl sites for hydroxylation is 1. The zero-order valence-corrected chi connectivity index (χ0v) is 17.7. The van der Waals surface area contributed by atoms with Crippen LogP contribution in [-0.2, 0) is 15.0 Å². The topological polar surface area (TPSA) is 145 Å². The van der Waals surface area contributed by atoms with Crippen molar-refractivity contribution in [1.29, 1.82) is 0 Å². The molecule has 2 amide bonds. The molecule has 10 heteroatoms. The standard InChI is InChI=1S/C22H19N5O3.CH2O2/c1-13-24-12-15(19(28)25-13)20(29)27-10-8-22(18(27)14-5-4-9-23-11-14)16-6-2-3-7-17(16)26-21(22)30;2-1-3/h2-7,9,11-12,18H,8,10H2,1H3,(H,26,30)(H,24,25,28);1H,(H,2,3). The lowest BCUT2D eigenvalue weighted by molar-refractivity contribution is -0.123. The second kappa shape index (κ2) is 8.65. The summed E-state index contributed by atoms with van der Waals surface area (Å²) in [6.07, 6.45) is 5.06. The maximum atomic E-state index is 13.4. The number of carbonyl (C=O) groups excluding carboxylic acids is 2. The van der Waals surface area contributed by atoms with E-state index in [4.69, 9.17) is 9.90 Å². The van der Waals surface area contributed by atoms with Gasteiger partial charge >= 0.3 is 0 Å². The molecule has 0 bridgehead atoms. The first-order valence-electron chi connectivity index (χ1n) is 10.2. The molecule has 1 saturated heterocycles. The summed E-state index contributed by atoms with van der Waals surface area (Å²) in [6, 6.07) is 10.6. The monoisotopic (exact) mass is 447 g/mol. The third-order valence-electron chi connectivity index (χ3n) is 6.00. The number of nitrogens with one attached hydrogen (secondary N) is 2. The Labute approximate surface area is 188 Å². The number of carboxylic acid groups (broad SMARTS) is 1. The van der Waals surface area contributed by atoms with Gasteiger partial charge in [0.15, 0.2) is 0 Å². The van der Waals surface area contributed by atoms with Crippen molar-refractivity contribution in [2.45, 2.75) is 24.8 Å². The smallest absolute Gasteiger partial charge is 0.290 e. The molecule has 4 heterocycles. The van der Waals surface area contributed by atoms with Crippen LogP contribution in [0.5, 0.6) is 0 Å². The first-order valence-corrected chi connectivity index (χ1v) is 10.2. The van der Waals surface area contributed by atoms with E-state index in [-0.39, 0.29) is 17.9 Å². The predicted molar refractivity (Wildman–Crippen MR) is 118 cm³/mol. The number of fused-ring (bicyclic) bond motifs is 2. The fraction of sp³-hybridized carbons (Fsp3) is 0.217. The minimum absolute atomic E-state index is 0.0433. The number of H-pyrrole nitrogens is 1. The molecule has 2 unspecified atom stereocenters. The molecule has 1 fully saturated rings. The summed E-state index contributed by atoms with van der Waals surface area (Å²) in [7, 11) is 0. The van der Waals surface area contributed by atoms with Crippen molar-refractivity contribution in [3.8, 4) is 0 Å². The molecular weight excluding hydrogens is 426 g/mol. The number of rotatable bonds is 2. The Morgan fingerprint density at radius 1 is 1.21 bits per heavy atom. The first-order chi connectivity index (χ1) is 15.9. The van der Waals surface area contributed by atoms with Gasteiger partial charge in [0.05, 0.1) is 6.04 Å². The van der Waals surface area contributed by atoms with Crippen molar-refractivity contribution in [1.82, 2.24) is 19.9 Å². The molecule has 0 aliphatic carbocycles. The van der Waals surface area contributed by atoms with Crippen LogP contribution in [-0.4, -0.2) is 49.8 Å². The molecule has 0 saturated carbocycles. The van der Waals surface area contributed by atoms with E-state index in [1.807, 2.05) is 30.3 Å². The molecule has 1 aromatic carbocycles. The van der Waals surface area contributed by atoms with Gasteiger partial charge in [0, 0.05) is 30.8 Å². The average Bonchev–Trinajstić information content (AvgIpc) is 3.34. The second-order valence-corrected chi connectivity index (χ2v) is 7.73. The molecular formula is C23H21N5O5. The van der Waals surface area contributed by atoms with E-state index < -0.39 is 22.9 Å². The Morgan fingerprint density at radius 3 is 2.67 bits per heavy atom. The van der Waals surface area contributed by atoms with Crippen molar-refractivity contribution in [2.24, 2.45) is 0 Å². The van der Waals surface area contributed by atoms with E-state index in [0.29, 0.717) is 18.8 Å². The van der Waals surface area contributed by atoms with Crippen molar-refractivity contribution in [3.63, 3.8) is 0 Å². The van der Waals surface area contributed by atoms with Crippen LogP contribution in [0.1, 0.15) is 39.8 Å². The zero-order chi connectivity index (χ0) is 23.6. The number of benzene rings is 1. The van der Waals surface area contributed by atoms with Gasteiger partial charge in [0.2, 0.25) is 5.91 Å². The first kappa shape index (κ1) is 21.9. The van der Waals surface area contributed by atoms with Gasteiger partial charge in [0.25, 0.3) is 17.9 Å². The van der Waals surface area contributed by atoms with Crippen LogP contribution in [0.15, 0.2) is 59.8 Å². The number of carbonyl (C=O) groups is 3. The minimum atomic E-state index is -0.944. The van der Waals surface area contributed by atoms with E-state index in [1.54, 1.807) is 30.3 Å². The normalized spacial score (nSPS) is 20.6. The Balaban J connectivity index is 0.000000821. The maximum Gasteiger partial charge on any atom is 0.290 e. The van der Waals surface area contributed by atoms with Crippen molar-refractivity contribution in [2.75, 3.05) is 11.9 Å². The summed E-state index contributed by atoms with van der Waals surface area (Å²) in [4.78, 5) is 60.0. The lowest BCUT2D eigenvalue weighted by Gasteiger charge is -2.34. The molecule has 33 heavy (non-hydrogen) atoms. The van der Waals surface area contributed by atoms with Gasteiger partial charge in [-0.3, -0.25) is 24.2 Å². The van der Waals surface area contributed by atoms with Crippen molar-refractivity contribution in [3.05, 3.63) is 87.9 Å². The highest BCUT2D eigenvalue weighted by molar-refractivity contribution is 6.08. The number of hydrogen-bond acceptors (Lipinski definition) is 6. The number of pyridine rings is 1. The number of nitrogens with zero attached hydrogens (tertiary/aromatic N) is 3. The van der Waals surface area contributed by atoms with Gasteiger partial charge in [0.1, 0.15) is 16.8 Å². The molecule has 2 aromatic heterocycles. The second-order valence-electron chi connectivity index (χ2n) is 7.73. The molecule has 5 rings (SSSR count). The molecule has 1 spiro atoms. The fourth-order valence-corrected chi connectivity index (χ4v) is 4.70. The zero-order valence-electron chi connectivity index (χ0n) is 17.7. The Morgan fingerprint density at radius 2 is 1.97 bits per heavy atom. The molecule has 2 aliphatic rings. The highest BCUT2D eigenvalue weighted by Crippen LogP contribution is 2.54. The van der Waals surface area contributed by atoms with Crippen LogP contribution in [0.3, 0.4) is 0 Å². The van der Waals surface area contributed by atoms with Crippen LogP contribution in [0.4, 0.5) is 5.69 Å². The highest BCUT2D eigenvalue weighted by Gasteiger charge is 2.59. The molecule has 10 nitrogen and oxygen atoms in total. The van der Waals surface area contributed by atoms with E-state index >= 15 is 0 Å². The van der Waals surface area contributed by atoms with E-state index in [0.717, 1.165) is 16.8 Å². The number of para-hydroxylation sites is 1. The summed E-state index contributed by atoms with van der Waals surface area (Å²) in [5.41, 5.74) is 0.871. The van der Waals surface area contributed by atoms with E-state index in [9.17, 15) is 14.4 Å². The Bertz CT molecular complexity index is 1280. The summed E-state index contributed by atoms with van der Waals surface area (Å²) in [5, 5.41) is 9.86. The third-order valence-corrected chi connectivity index (χ3v) is 6.00. The number of aromatic amines is 1. The van der Waals surface area contributed by atoms with Gasteiger partial charge in [-0.2, -0.15) is 0 Å².